The fourth-order valence-electron chi connectivity index (χ4n) is 1.26. The third-order valence-corrected chi connectivity index (χ3v) is 1.91. The number of hydrogen-bond donors (Lipinski definition) is 2. The maximum atomic E-state index is 4.12. The van der Waals surface area contributed by atoms with Gasteiger partial charge in [0.2, 0.25) is 0 Å². The summed E-state index contributed by atoms with van der Waals surface area (Å²) >= 11 is 0. The van der Waals surface area contributed by atoms with E-state index in [1.807, 2.05) is 31.3 Å². The molecular formula is C10H12N4. The molecule has 0 spiro atoms. The quantitative estimate of drug-likeness (QED) is 0.773. The molecule has 4 heteroatoms. The molecule has 2 aromatic rings. The summed E-state index contributed by atoms with van der Waals surface area (Å²) in [6, 6.07) is 5.87. The highest BCUT2D eigenvalue weighted by atomic mass is 15.2. The predicted molar refractivity (Wildman–Crippen MR) is 56.0 cm³/mol. The molecule has 2 aromatic heterocycles. The van der Waals surface area contributed by atoms with Crippen LogP contribution in [0.2, 0.25) is 0 Å². The summed E-state index contributed by atoms with van der Waals surface area (Å²) in [6.07, 6.45) is 3.56. The maximum Gasteiger partial charge on any atom is 0.148 e. The van der Waals surface area contributed by atoms with Gasteiger partial charge in [0, 0.05) is 30.6 Å². The molecular weight excluding hydrogens is 176 g/mol. The SMILES string of the molecule is CCNc1cc(-c2cccnc2)[nH]n1. The minimum Gasteiger partial charge on any atom is -0.369 e. The molecule has 0 fully saturated rings. The highest BCUT2D eigenvalue weighted by molar-refractivity contribution is 5.61. The van der Waals surface area contributed by atoms with Crippen molar-refractivity contribution in [3.63, 3.8) is 0 Å². The molecule has 0 aliphatic heterocycles. The lowest BCUT2D eigenvalue weighted by Gasteiger charge is -1.94. The Kier molecular flexibility index (Phi) is 2.44. The summed E-state index contributed by atoms with van der Waals surface area (Å²) in [5.74, 6) is 0.867. The molecule has 0 amide bonds. The Morgan fingerprint density at radius 2 is 2.43 bits per heavy atom. The van der Waals surface area contributed by atoms with Crippen LogP contribution in [0.3, 0.4) is 0 Å². The smallest absolute Gasteiger partial charge is 0.148 e. The van der Waals surface area contributed by atoms with Crippen molar-refractivity contribution in [3.05, 3.63) is 30.6 Å². The third kappa shape index (κ3) is 1.74. The summed E-state index contributed by atoms with van der Waals surface area (Å²) in [4.78, 5) is 4.05. The molecule has 0 saturated heterocycles. The second kappa shape index (κ2) is 3.91. The van der Waals surface area contributed by atoms with Crippen molar-refractivity contribution in [1.29, 1.82) is 0 Å². The number of rotatable bonds is 3. The highest BCUT2D eigenvalue weighted by Gasteiger charge is 2.01. The van der Waals surface area contributed by atoms with Crippen molar-refractivity contribution in [3.8, 4) is 11.3 Å². The van der Waals surface area contributed by atoms with Gasteiger partial charge in [0.05, 0.1) is 5.69 Å². The van der Waals surface area contributed by atoms with Gasteiger partial charge in [0.1, 0.15) is 5.82 Å². The summed E-state index contributed by atoms with van der Waals surface area (Å²) in [6.45, 7) is 2.91. The lowest BCUT2D eigenvalue weighted by Crippen LogP contribution is -1.95. The fourth-order valence-corrected chi connectivity index (χ4v) is 1.26. The van der Waals surface area contributed by atoms with Crippen molar-refractivity contribution in [2.45, 2.75) is 6.92 Å². The predicted octanol–water partition coefficient (Wildman–Crippen LogP) is 1.90. The van der Waals surface area contributed by atoms with E-state index in [4.69, 9.17) is 0 Å². The lowest BCUT2D eigenvalue weighted by atomic mass is 10.2. The van der Waals surface area contributed by atoms with Gasteiger partial charge >= 0.3 is 0 Å². The normalized spacial score (nSPS) is 10.1. The molecule has 14 heavy (non-hydrogen) atoms. The Hall–Kier alpha value is -1.84. The van der Waals surface area contributed by atoms with E-state index in [-0.39, 0.29) is 0 Å². The number of pyridine rings is 1. The van der Waals surface area contributed by atoms with Gasteiger partial charge in [-0.15, -0.1) is 0 Å². The molecule has 0 bridgehead atoms. The van der Waals surface area contributed by atoms with Crippen LogP contribution < -0.4 is 5.32 Å². The first-order valence-electron chi connectivity index (χ1n) is 4.60. The van der Waals surface area contributed by atoms with Crippen molar-refractivity contribution < 1.29 is 0 Å². The van der Waals surface area contributed by atoms with Gasteiger partial charge in [0.15, 0.2) is 0 Å². The molecule has 2 N–H and O–H groups in total. The second-order valence-electron chi connectivity index (χ2n) is 2.94. The molecule has 0 radical (unpaired) electrons. The van der Waals surface area contributed by atoms with E-state index >= 15 is 0 Å². The summed E-state index contributed by atoms with van der Waals surface area (Å²) in [5, 5.41) is 10.2. The molecule has 0 aromatic carbocycles. The van der Waals surface area contributed by atoms with Crippen molar-refractivity contribution in [1.82, 2.24) is 15.2 Å². The van der Waals surface area contributed by atoms with Crippen LogP contribution in [0.5, 0.6) is 0 Å². The minimum absolute atomic E-state index is 0.867. The molecule has 0 aliphatic carbocycles. The van der Waals surface area contributed by atoms with Crippen molar-refractivity contribution >= 4 is 5.82 Å². The summed E-state index contributed by atoms with van der Waals surface area (Å²) in [7, 11) is 0. The Morgan fingerprint density at radius 3 is 3.14 bits per heavy atom. The van der Waals surface area contributed by atoms with E-state index in [9.17, 15) is 0 Å². The van der Waals surface area contributed by atoms with Crippen LogP contribution in [-0.2, 0) is 0 Å². The van der Waals surface area contributed by atoms with Gasteiger partial charge in [-0.05, 0) is 19.1 Å². The van der Waals surface area contributed by atoms with E-state index in [0.717, 1.165) is 23.6 Å². The molecule has 0 unspecified atom stereocenters. The number of H-pyrrole nitrogens is 1. The Labute approximate surface area is 82.4 Å². The molecule has 2 rings (SSSR count). The van der Waals surface area contributed by atoms with Crippen LogP contribution in [0.15, 0.2) is 30.6 Å². The van der Waals surface area contributed by atoms with E-state index < -0.39 is 0 Å². The van der Waals surface area contributed by atoms with Crippen molar-refractivity contribution in [2.75, 3.05) is 11.9 Å². The average Bonchev–Trinajstić information content (AvgIpc) is 2.68. The van der Waals surface area contributed by atoms with Crippen molar-refractivity contribution in [2.24, 2.45) is 0 Å². The Morgan fingerprint density at radius 1 is 1.50 bits per heavy atom. The fraction of sp³-hybridized carbons (Fsp3) is 0.200. The summed E-state index contributed by atoms with van der Waals surface area (Å²) in [5.41, 5.74) is 2.03. The first-order valence-corrected chi connectivity index (χ1v) is 4.60. The largest absolute Gasteiger partial charge is 0.369 e. The van der Waals surface area contributed by atoms with E-state index in [1.54, 1.807) is 6.20 Å². The van der Waals surface area contributed by atoms with Crippen LogP contribution in [0.4, 0.5) is 5.82 Å². The van der Waals surface area contributed by atoms with Gasteiger partial charge in [-0.2, -0.15) is 5.10 Å². The van der Waals surface area contributed by atoms with Gasteiger partial charge < -0.3 is 5.32 Å². The second-order valence-corrected chi connectivity index (χ2v) is 2.94. The number of nitrogens with zero attached hydrogens (tertiary/aromatic N) is 2. The first-order chi connectivity index (χ1) is 6.90. The van der Waals surface area contributed by atoms with Crippen LogP contribution in [0, 0.1) is 0 Å². The van der Waals surface area contributed by atoms with E-state index in [1.165, 1.54) is 0 Å². The minimum atomic E-state index is 0.867. The number of anilines is 1. The molecule has 0 saturated carbocycles. The third-order valence-electron chi connectivity index (χ3n) is 1.91. The van der Waals surface area contributed by atoms with Crippen LogP contribution >= 0.6 is 0 Å². The maximum absolute atomic E-state index is 4.12. The Balaban J connectivity index is 2.25. The standard InChI is InChI=1S/C10H12N4/c1-2-12-10-6-9(13-14-10)8-4-3-5-11-7-8/h3-7H,2H2,1H3,(H2,12,13,14). The molecule has 4 nitrogen and oxygen atoms in total. The lowest BCUT2D eigenvalue weighted by molar-refractivity contribution is 1.07. The number of aromatic amines is 1. The highest BCUT2D eigenvalue weighted by Crippen LogP contribution is 2.17. The number of hydrogen-bond acceptors (Lipinski definition) is 3. The van der Waals surface area contributed by atoms with Gasteiger partial charge in [-0.1, -0.05) is 0 Å². The number of nitrogens with one attached hydrogen (secondary N) is 2. The zero-order valence-electron chi connectivity index (χ0n) is 7.99. The first kappa shape index (κ1) is 8.74. The van der Waals surface area contributed by atoms with Gasteiger partial charge in [0.25, 0.3) is 0 Å². The zero-order valence-corrected chi connectivity index (χ0v) is 7.99. The molecule has 72 valence electrons. The summed E-state index contributed by atoms with van der Waals surface area (Å²) < 4.78 is 0. The zero-order chi connectivity index (χ0) is 9.80. The van der Waals surface area contributed by atoms with Crippen LogP contribution in [0.1, 0.15) is 6.92 Å². The van der Waals surface area contributed by atoms with Crippen LogP contribution in [0.25, 0.3) is 11.3 Å². The Bertz CT molecular complexity index is 394. The monoisotopic (exact) mass is 188 g/mol. The van der Waals surface area contributed by atoms with E-state index in [0.29, 0.717) is 0 Å². The number of aromatic nitrogens is 3. The molecule has 0 aliphatic rings. The van der Waals surface area contributed by atoms with Crippen LogP contribution in [-0.4, -0.2) is 21.7 Å². The topological polar surface area (TPSA) is 53.6 Å². The molecule has 0 atom stereocenters. The van der Waals surface area contributed by atoms with E-state index in [2.05, 4.69) is 20.5 Å². The van der Waals surface area contributed by atoms with Gasteiger partial charge in [-0.25, -0.2) is 0 Å². The molecule has 2 heterocycles. The van der Waals surface area contributed by atoms with Gasteiger partial charge in [-0.3, -0.25) is 10.1 Å². The average molecular weight is 188 g/mol.